The van der Waals surface area contributed by atoms with Crippen LogP contribution in [0, 0.1) is 0 Å². The van der Waals surface area contributed by atoms with E-state index in [1.54, 1.807) is 29.2 Å². The van der Waals surface area contributed by atoms with Crippen LogP contribution in [0.2, 0.25) is 0 Å². The Morgan fingerprint density at radius 2 is 1.81 bits per heavy atom. The van der Waals surface area contributed by atoms with Crippen molar-refractivity contribution in [1.82, 2.24) is 4.90 Å². The molecular formula is C25H27NO5. The Morgan fingerprint density at radius 3 is 2.55 bits per heavy atom. The van der Waals surface area contributed by atoms with Crippen LogP contribution in [0.4, 0.5) is 0 Å². The summed E-state index contributed by atoms with van der Waals surface area (Å²) in [4.78, 5) is 28.1. The van der Waals surface area contributed by atoms with Gasteiger partial charge in [0.2, 0.25) is 5.76 Å². The molecule has 4 rings (SSSR count). The molecule has 0 spiro atoms. The highest BCUT2D eigenvalue weighted by atomic mass is 16.5. The number of unbranched alkanes of at least 4 members (excludes halogenated alkanes) is 1. The van der Waals surface area contributed by atoms with Gasteiger partial charge in [0.05, 0.1) is 30.2 Å². The lowest BCUT2D eigenvalue weighted by atomic mass is 9.98. The molecule has 1 aromatic heterocycles. The first kappa shape index (κ1) is 21.0. The SMILES string of the molecule is CCCCOc1ccc(C2c3c(oc4ccccc4c3=O)C(=O)N2CC)cc1OCC. The molecule has 0 radical (unpaired) electrons. The van der Waals surface area contributed by atoms with E-state index in [1.165, 1.54) is 0 Å². The minimum Gasteiger partial charge on any atom is -0.490 e. The molecule has 1 aliphatic heterocycles. The quantitative estimate of drug-likeness (QED) is 0.482. The first-order valence-corrected chi connectivity index (χ1v) is 10.9. The average molecular weight is 421 g/mol. The van der Waals surface area contributed by atoms with Gasteiger partial charge in [0, 0.05) is 6.54 Å². The molecule has 1 amide bonds. The Bertz CT molecular complexity index is 1170. The van der Waals surface area contributed by atoms with Crippen molar-refractivity contribution in [2.45, 2.75) is 39.7 Å². The van der Waals surface area contributed by atoms with E-state index in [0.717, 1.165) is 18.4 Å². The summed E-state index contributed by atoms with van der Waals surface area (Å²) in [6.45, 7) is 7.46. The van der Waals surface area contributed by atoms with Crippen molar-refractivity contribution in [3.8, 4) is 11.5 Å². The first-order chi connectivity index (χ1) is 15.1. The van der Waals surface area contributed by atoms with Crippen LogP contribution in [0.5, 0.6) is 11.5 Å². The number of rotatable bonds is 8. The molecule has 0 fully saturated rings. The molecule has 1 atom stereocenters. The lowest BCUT2D eigenvalue weighted by Crippen LogP contribution is -2.29. The smallest absolute Gasteiger partial charge is 0.290 e. The van der Waals surface area contributed by atoms with Crippen LogP contribution in [-0.2, 0) is 0 Å². The Kier molecular flexibility index (Phi) is 5.98. The summed E-state index contributed by atoms with van der Waals surface area (Å²) in [6, 6.07) is 12.1. The number of benzene rings is 2. The van der Waals surface area contributed by atoms with E-state index in [-0.39, 0.29) is 17.1 Å². The molecular weight excluding hydrogens is 394 g/mol. The van der Waals surface area contributed by atoms with Crippen molar-refractivity contribution in [3.05, 3.63) is 69.6 Å². The van der Waals surface area contributed by atoms with E-state index in [1.807, 2.05) is 32.0 Å². The standard InChI is InChI=1S/C25H27NO5/c1-4-7-14-30-19-13-12-16(15-20(19)29-6-3)22-21-23(27)17-10-8-9-11-18(17)31-24(21)25(28)26(22)5-2/h8-13,15,22H,4-7,14H2,1-3H3. The van der Waals surface area contributed by atoms with Gasteiger partial charge in [0.15, 0.2) is 16.9 Å². The number of amides is 1. The number of hydrogen-bond donors (Lipinski definition) is 0. The maximum atomic E-state index is 13.4. The highest BCUT2D eigenvalue weighted by molar-refractivity contribution is 5.99. The Morgan fingerprint density at radius 1 is 1.00 bits per heavy atom. The van der Waals surface area contributed by atoms with Crippen molar-refractivity contribution < 1.29 is 18.7 Å². The molecule has 6 heteroatoms. The summed E-state index contributed by atoms with van der Waals surface area (Å²) in [5.74, 6) is 1.12. The highest BCUT2D eigenvalue weighted by Crippen LogP contribution is 2.40. The summed E-state index contributed by atoms with van der Waals surface area (Å²) >= 11 is 0. The molecule has 1 aliphatic rings. The monoisotopic (exact) mass is 421 g/mol. The minimum absolute atomic E-state index is 0.122. The molecule has 31 heavy (non-hydrogen) atoms. The van der Waals surface area contributed by atoms with Crippen LogP contribution in [0.15, 0.2) is 51.7 Å². The van der Waals surface area contributed by atoms with Crippen molar-refractivity contribution in [2.75, 3.05) is 19.8 Å². The number of fused-ring (bicyclic) bond motifs is 2. The largest absolute Gasteiger partial charge is 0.490 e. The average Bonchev–Trinajstić information content (AvgIpc) is 3.07. The number of carbonyl (C=O) groups is 1. The van der Waals surface area contributed by atoms with Gasteiger partial charge < -0.3 is 18.8 Å². The van der Waals surface area contributed by atoms with E-state index in [0.29, 0.717) is 47.8 Å². The normalized spacial score (nSPS) is 15.4. The van der Waals surface area contributed by atoms with Crippen LogP contribution < -0.4 is 14.9 Å². The van der Waals surface area contributed by atoms with Crippen LogP contribution >= 0.6 is 0 Å². The number of ether oxygens (including phenoxy) is 2. The van der Waals surface area contributed by atoms with Gasteiger partial charge in [-0.2, -0.15) is 0 Å². The third kappa shape index (κ3) is 3.67. The second-order valence-electron chi connectivity index (χ2n) is 7.51. The van der Waals surface area contributed by atoms with Crippen LogP contribution in [0.1, 0.15) is 61.3 Å². The molecule has 162 valence electrons. The Hall–Kier alpha value is -3.28. The zero-order valence-corrected chi connectivity index (χ0v) is 18.1. The van der Waals surface area contributed by atoms with E-state index in [9.17, 15) is 9.59 Å². The second-order valence-corrected chi connectivity index (χ2v) is 7.51. The van der Waals surface area contributed by atoms with E-state index in [2.05, 4.69) is 6.92 Å². The maximum absolute atomic E-state index is 13.4. The lowest BCUT2D eigenvalue weighted by Gasteiger charge is -2.24. The fourth-order valence-electron chi connectivity index (χ4n) is 4.05. The van der Waals surface area contributed by atoms with Crippen molar-refractivity contribution >= 4 is 16.9 Å². The highest BCUT2D eigenvalue weighted by Gasteiger charge is 2.42. The Labute approximate surface area is 181 Å². The van der Waals surface area contributed by atoms with Crippen molar-refractivity contribution in [3.63, 3.8) is 0 Å². The summed E-state index contributed by atoms with van der Waals surface area (Å²) in [5.41, 5.74) is 1.42. The third-order valence-electron chi connectivity index (χ3n) is 5.55. The van der Waals surface area contributed by atoms with Crippen molar-refractivity contribution in [1.29, 1.82) is 0 Å². The van der Waals surface area contributed by atoms with Crippen LogP contribution in [0.3, 0.4) is 0 Å². The fraction of sp³-hybridized carbons (Fsp3) is 0.360. The van der Waals surface area contributed by atoms with Gasteiger partial charge in [-0.1, -0.05) is 31.5 Å². The predicted molar refractivity (Wildman–Crippen MR) is 119 cm³/mol. The van der Waals surface area contributed by atoms with Crippen LogP contribution in [-0.4, -0.2) is 30.6 Å². The van der Waals surface area contributed by atoms with Gasteiger partial charge in [-0.05, 0) is 50.1 Å². The van der Waals surface area contributed by atoms with Gasteiger partial charge in [0.1, 0.15) is 5.58 Å². The zero-order valence-electron chi connectivity index (χ0n) is 18.1. The zero-order chi connectivity index (χ0) is 22.0. The van der Waals surface area contributed by atoms with Gasteiger partial charge >= 0.3 is 0 Å². The van der Waals surface area contributed by atoms with E-state index in [4.69, 9.17) is 13.9 Å². The fourth-order valence-corrected chi connectivity index (χ4v) is 4.05. The topological polar surface area (TPSA) is 69.0 Å². The minimum atomic E-state index is -0.530. The summed E-state index contributed by atoms with van der Waals surface area (Å²) in [5, 5.41) is 0.474. The van der Waals surface area contributed by atoms with Crippen LogP contribution in [0.25, 0.3) is 11.0 Å². The van der Waals surface area contributed by atoms with Gasteiger partial charge in [-0.25, -0.2) is 0 Å². The molecule has 0 aliphatic carbocycles. The van der Waals surface area contributed by atoms with Gasteiger partial charge in [-0.15, -0.1) is 0 Å². The summed E-state index contributed by atoms with van der Waals surface area (Å²) in [6.07, 6.45) is 1.99. The Balaban J connectivity index is 1.84. The molecule has 0 saturated carbocycles. The number of carbonyl (C=O) groups excluding carboxylic acids is 1. The molecule has 6 nitrogen and oxygen atoms in total. The van der Waals surface area contributed by atoms with Gasteiger partial charge in [0.25, 0.3) is 5.91 Å². The number of nitrogens with zero attached hydrogens (tertiary/aromatic N) is 1. The molecule has 2 aromatic carbocycles. The van der Waals surface area contributed by atoms with Gasteiger partial charge in [-0.3, -0.25) is 9.59 Å². The molecule has 3 aromatic rings. The van der Waals surface area contributed by atoms with E-state index < -0.39 is 6.04 Å². The lowest BCUT2D eigenvalue weighted by molar-refractivity contribution is 0.0737. The maximum Gasteiger partial charge on any atom is 0.290 e. The number of hydrogen-bond acceptors (Lipinski definition) is 5. The van der Waals surface area contributed by atoms with E-state index >= 15 is 0 Å². The molecule has 1 unspecified atom stereocenters. The second kappa shape index (κ2) is 8.84. The predicted octanol–water partition coefficient (Wildman–Crippen LogP) is 4.94. The summed E-state index contributed by atoms with van der Waals surface area (Å²) < 4.78 is 17.6. The van der Waals surface area contributed by atoms with Crippen molar-refractivity contribution in [2.24, 2.45) is 0 Å². The molecule has 0 saturated heterocycles. The molecule has 2 heterocycles. The third-order valence-corrected chi connectivity index (χ3v) is 5.55. The molecule has 0 N–H and O–H groups in total. The first-order valence-electron chi connectivity index (χ1n) is 10.9. The summed E-state index contributed by atoms with van der Waals surface area (Å²) in [7, 11) is 0. The molecule has 0 bridgehead atoms. The number of para-hydroxylation sites is 1.